The second kappa shape index (κ2) is 10.6. The topological polar surface area (TPSA) is 25.8 Å². The molecule has 0 amide bonds. The Kier molecular flexibility index (Phi) is 7.67. The zero-order valence-electron chi connectivity index (χ0n) is 18.2. The van der Waals surface area contributed by atoms with Crippen LogP contribution in [-0.2, 0) is 6.42 Å². The van der Waals surface area contributed by atoms with Crippen LogP contribution in [0.2, 0.25) is 0 Å². The molecule has 31 heavy (non-hydrogen) atoms. The lowest BCUT2D eigenvalue weighted by Gasteiger charge is -2.28. The van der Waals surface area contributed by atoms with Gasteiger partial charge in [-0.1, -0.05) is 75.2 Å². The van der Waals surface area contributed by atoms with Gasteiger partial charge < -0.3 is 0 Å². The number of hydrogen-bond acceptors (Lipinski definition) is 4. The molecular formula is C26H29FN2S2. The number of nitrogens with zero attached hydrogens (tertiary/aromatic N) is 2. The van der Waals surface area contributed by atoms with Crippen LogP contribution in [0.4, 0.5) is 4.39 Å². The maximum Gasteiger partial charge on any atom is 0.219 e. The average Bonchev–Trinajstić information content (AvgIpc) is 2.83. The maximum atomic E-state index is 14.0. The summed E-state index contributed by atoms with van der Waals surface area (Å²) in [6.07, 6.45) is 6.20. The van der Waals surface area contributed by atoms with Gasteiger partial charge in [0.25, 0.3) is 0 Å². The molecule has 0 atom stereocenters. The maximum absolute atomic E-state index is 14.0. The molecule has 4 rings (SSSR count). The van der Waals surface area contributed by atoms with Crippen LogP contribution in [0, 0.1) is 11.9 Å². The molecule has 0 spiro atoms. The van der Waals surface area contributed by atoms with Gasteiger partial charge in [-0.25, -0.2) is 4.98 Å². The van der Waals surface area contributed by atoms with Crippen LogP contribution in [0.15, 0.2) is 54.7 Å². The molecule has 162 valence electrons. The Morgan fingerprint density at radius 1 is 0.903 bits per heavy atom. The molecule has 0 radical (unpaired) electrons. The van der Waals surface area contributed by atoms with Gasteiger partial charge in [0.1, 0.15) is 0 Å². The van der Waals surface area contributed by atoms with E-state index in [1.165, 1.54) is 41.9 Å². The van der Waals surface area contributed by atoms with E-state index < -0.39 is 5.95 Å². The lowest BCUT2D eigenvalue weighted by molar-refractivity contribution is 0.562. The number of hydrogen-bond donors (Lipinski definition) is 0. The highest BCUT2D eigenvalue weighted by Gasteiger charge is 2.23. The second-order valence-electron chi connectivity index (χ2n) is 8.07. The number of thioether (sulfide) groups is 2. The van der Waals surface area contributed by atoms with Gasteiger partial charge in [0.15, 0.2) is 5.82 Å². The molecule has 1 fully saturated rings. The van der Waals surface area contributed by atoms with Crippen molar-refractivity contribution in [1.29, 1.82) is 0 Å². The Labute approximate surface area is 193 Å². The minimum atomic E-state index is -0.428. The van der Waals surface area contributed by atoms with Gasteiger partial charge in [-0.3, -0.25) is 0 Å². The van der Waals surface area contributed by atoms with E-state index in [9.17, 15) is 4.39 Å². The molecule has 0 aliphatic carbocycles. The highest BCUT2D eigenvalue weighted by molar-refractivity contribution is 8.16. The predicted octanol–water partition coefficient (Wildman–Crippen LogP) is 7.80. The Morgan fingerprint density at radius 3 is 2.10 bits per heavy atom. The molecule has 2 heterocycles. The Bertz CT molecular complexity index is 981. The molecule has 1 saturated heterocycles. The van der Waals surface area contributed by atoms with Crippen molar-refractivity contribution in [3.05, 3.63) is 71.8 Å². The minimum absolute atomic E-state index is 0.428. The molecule has 2 nitrogen and oxygen atoms in total. The molecule has 0 unspecified atom stereocenters. The monoisotopic (exact) mass is 452 g/mol. The van der Waals surface area contributed by atoms with Gasteiger partial charge in [0, 0.05) is 17.3 Å². The van der Waals surface area contributed by atoms with E-state index in [0.29, 0.717) is 22.4 Å². The summed E-state index contributed by atoms with van der Waals surface area (Å²) in [5, 5.41) is 0. The van der Waals surface area contributed by atoms with Crippen LogP contribution in [-0.4, -0.2) is 21.5 Å². The summed E-state index contributed by atoms with van der Waals surface area (Å²) in [4.78, 5) is 8.33. The third kappa shape index (κ3) is 5.50. The van der Waals surface area contributed by atoms with Gasteiger partial charge >= 0.3 is 0 Å². The molecule has 1 aromatic heterocycles. The largest absolute Gasteiger partial charge is 0.236 e. The van der Waals surface area contributed by atoms with Crippen LogP contribution in [0.1, 0.15) is 48.8 Å². The Balaban J connectivity index is 1.41. The summed E-state index contributed by atoms with van der Waals surface area (Å²) in [7, 11) is 0. The minimum Gasteiger partial charge on any atom is -0.236 e. The van der Waals surface area contributed by atoms with Gasteiger partial charge in [-0.15, -0.1) is 23.5 Å². The number of rotatable bonds is 7. The zero-order chi connectivity index (χ0) is 21.6. The van der Waals surface area contributed by atoms with Crippen LogP contribution in [0.3, 0.4) is 0 Å². The Hall–Kier alpha value is -1.85. The zero-order valence-corrected chi connectivity index (χ0v) is 19.8. The normalized spacial score (nSPS) is 18.8. The van der Waals surface area contributed by atoms with Crippen LogP contribution >= 0.6 is 23.5 Å². The number of aryl methyl sites for hydroxylation is 1. The standard InChI is InChI=1S/C26H29FN2S2/c1-3-5-6-18-16-30-26(31-17-18)23-13-9-21(10-14-23)20-7-11-22(12-8-20)25-28-15-19(4-2)24(27)29-25/h7-15,18,26H,3-6,16-17H2,1-2H3. The smallest absolute Gasteiger partial charge is 0.219 e. The fourth-order valence-electron chi connectivity index (χ4n) is 3.80. The van der Waals surface area contributed by atoms with E-state index in [-0.39, 0.29) is 0 Å². The summed E-state index contributed by atoms with van der Waals surface area (Å²) in [6.45, 7) is 4.18. The van der Waals surface area contributed by atoms with E-state index >= 15 is 0 Å². The van der Waals surface area contributed by atoms with E-state index in [4.69, 9.17) is 0 Å². The first-order valence-electron chi connectivity index (χ1n) is 11.1. The molecular weight excluding hydrogens is 423 g/mol. The molecule has 1 aliphatic heterocycles. The van der Waals surface area contributed by atoms with Crippen LogP contribution in [0.5, 0.6) is 0 Å². The fourth-order valence-corrected chi connectivity index (χ4v) is 6.97. The van der Waals surface area contributed by atoms with Crippen molar-refractivity contribution in [2.24, 2.45) is 5.92 Å². The summed E-state index contributed by atoms with van der Waals surface area (Å²) < 4.78 is 14.5. The molecule has 0 bridgehead atoms. The van der Waals surface area contributed by atoms with E-state index in [0.717, 1.165) is 17.0 Å². The molecule has 0 saturated carbocycles. The fraction of sp³-hybridized carbons (Fsp3) is 0.385. The summed E-state index contributed by atoms with van der Waals surface area (Å²) >= 11 is 4.20. The molecule has 5 heteroatoms. The molecule has 3 aromatic rings. The first kappa shape index (κ1) is 22.3. The van der Waals surface area contributed by atoms with E-state index in [1.54, 1.807) is 6.20 Å². The highest BCUT2D eigenvalue weighted by Crippen LogP contribution is 2.46. The van der Waals surface area contributed by atoms with Crippen molar-refractivity contribution >= 4 is 23.5 Å². The van der Waals surface area contributed by atoms with E-state index in [1.807, 2.05) is 19.1 Å². The van der Waals surface area contributed by atoms with Crippen molar-refractivity contribution in [1.82, 2.24) is 9.97 Å². The summed E-state index contributed by atoms with van der Waals surface area (Å²) in [6, 6.07) is 17.0. The third-order valence-corrected chi connectivity index (χ3v) is 9.08. The summed E-state index contributed by atoms with van der Waals surface area (Å²) in [5.41, 5.74) is 5.12. The molecule has 1 aliphatic rings. The number of unbranched alkanes of at least 4 members (excludes halogenated alkanes) is 1. The van der Waals surface area contributed by atoms with Gasteiger partial charge in [0.05, 0.1) is 4.58 Å². The van der Waals surface area contributed by atoms with Crippen molar-refractivity contribution in [3.63, 3.8) is 0 Å². The number of aromatic nitrogens is 2. The van der Waals surface area contributed by atoms with Gasteiger partial charge in [0.2, 0.25) is 5.95 Å². The number of benzene rings is 2. The second-order valence-corrected chi connectivity index (χ2v) is 10.6. The first-order chi connectivity index (χ1) is 15.2. The first-order valence-corrected chi connectivity index (χ1v) is 13.2. The van der Waals surface area contributed by atoms with Crippen molar-refractivity contribution < 1.29 is 4.39 Å². The molecule has 0 N–H and O–H groups in total. The predicted molar refractivity (Wildman–Crippen MR) is 133 cm³/mol. The van der Waals surface area contributed by atoms with Gasteiger partial charge in [-0.2, -0.15) is 9.37 Å². The third-order valence-electron chi connectivity index (χ3n) is 5.78. The van der Waals surface area contributed by atoms with E-state index in [2.05, 4.69) is 76.8 Å². The van der Waals surface area contributed by atoms with Crippen molar-refractivity contribution in [2.75, 3.05) is 11.5 Å². The van der Waals surface area contributed by atoms with Crippen LogP contribution in [0.25, 0.3) is 22.5 Å². The molecule has 2 aromatic carbocycles. The lowest BCUT2D eigenvalue weighted by Crippen LogP contribution is -2.14. The quantitative estimate of drug-likeness (QED) is 0.342. The number of halogens is 1. The van der Waals surface area contributed by atoms with Gasteiger partial charge in [-0.05, 0) is 47.0 Å². The van der Waals surface area contributed by atoms with Crippen molar-refractivity contribution in [2.45, 2.75) is 44.1 Å². The lowest BCUT2D eigenvalue weighted by atomic mass is 10.0. The Morgan fingerprint density at radius 2 is 1.52 bits per heavy atom. The average molecular weight is 453 g/mol. The van der Waals surface area contributed by atoms with Crippen LogP contribution < -0.4 is 0 Å². The highest BCUT2D eigenvalue weighted by atomic mass is 32.2. The van der Waals surface area contributed by atoms with Crippen molar-refractivity contribution in [3.8, 4) is 22.5 Å². The summed E-state index contributed by atoms with van der Waals surface area (Å²) in [5.74, 6) is 3.44. The SMILES string of the molecule is CCCCC1CSC(c2ccc(-c3ccc(-c4ncc(CC)c(F)n4)cc3)cc2)SC1.